The molecule has 2 N–H and O–H groups in total. The van der Waals surface area contributed by atoms with Gasteiger partial charge >= 0.3 is 0 Å². The molecule has 0 aromatic carbocycles. The lowest BCUT2D eigenvalue weighted by atomic mass is 10.2. The average molecular weight is 264 g/mol. The van der Waals surface area contributed by atoms with Gasteiger partial charge in [0.25, 0.3) is 0 Å². The van der Waals surface area contributed by atoms with Crippen molar-refractivity contribution in [2.24, 2.45) is 0 Å². The maximum atomic E-state index is 9.39. The summed E-state index contributed by atoms with van der Waals surface area (Å²) in [4.78, 5) is 9.10. The second kappa shape index (κ2) is 6.84. The van der Waals surface area contributed by atoms with Crippen LogP contribution >= 0.6 is 0 Å². The largest absolute Gasteiger partial charge is 0.392 e. The SMILES string of the molecule is CNc1ccc(CN2CCN(CC(C)O)CC2)cn1. The molecule has 1 unspecified atom stereocenters. The molecular formula is C14H24N4O. The number of aliphatic hydroxyl groups is 1. The minimum absolute atomic E-state index is 0.232. The number of hydrogen-bond donors (Lipinski definition) is 2. The predicted molar refractivity (Wildman–Crippen MR) is 77.2 cm³/mol. The van der Waals surface area contributed by atoms with Crippen molar-refractivity contribution in [1.29, 1.82) is 0 Å². The van der Waals surface area contributed by atoms with E-state index in [0.29, 0.717) is 0 Å². The van der Waals surface area contributed by atoms with Crippen LogP contribution < -0.4 is 5.32 Å². The Bertz CT molecular complexity index is 372. The Labute approximate surface area is 115 Å². The molecular weight excluding hydrogens is 240 g/mol. The van der Waals surface area contributed by atoms with E-state index in [4.69, 9.17) is 0 Å². The van der Waals surface area contributed by atoms with Crippen LogP contribution in [0.15, 0.2) is 18.3 Å². The maximum absolute atomic E-state index is 9.39. The lowest BCUT2D eigenvalue weighted by molar-refractivity contribution is 0.0780. The molecule has 0 bridgehead atoms. The normalized spacial score (nSPS) is 19.3. The first kappa shape index (κ1) is 14.2. The molecule has 1 aliphatic rings. The van der Waals surface area contributed by atoms with E-state index in [-0.39, 0.29) is 6.10 Å². The van der Waals surface area contributed by atoms with Gasteiger partial charge in [-0.2, -0.15) is 0 Å². The monoisotopic (exact) mass is 264 g/mol. The van der Waals surface area contributed by atoms with Crippen molar-refractivity contribution in [2.75, 3.05) is 45.1 Å². The molecule has 1 atom stereocenters. The number of hydrogen-bond acceptors (Lipinski definition) is 5. The fraction of sp³-hybridized carbons (Fsp3) is 0.643. The fourth-order valence-corrected chi connectivity index (χ4v) is 2.43. The van der Waals surface area contributed by atoms with Gasteiger partial charge in [-0.1, -0.05) is 6.07 Å². The third-order valence-corrected chi connectivity index (χ3v) is 3.47. The Hall–Kier alpha value is -1.17. The minimum Gasteiger partial charge on any atom is -0.392 e. The van der Waals surface area contributed by atoms with E-state index in [2.05, 4.69) is 26.2 Å². The van der Waals surface area contributed by atoms with Crippen LogP contribution in [0.5, 0.6) is 0 Å². The van der Waals surface area contributed by atoms with Gasteiger partial charge < -0.3 is 10.4 Å². The molecule has 5 heteroatoms. The summed E-state index contributed by atoms with van der Waals surface area (Å²) in [7, 11) is 1.88. The fourth-order valence-electron chi connectivity index (χ4n) is 2.43. The van der Waals surface area contributed by atoms with Crippen LogP contribution in [0.1, 0.15) is 12.5 Å². The first-order valence-electron chi connectivity index (χ1n) is 6.93. The molecule has 1 aliphatic heterocycles. The number of β-amino-alcohol motifs (C(OH)–C–C–N with tert-alkyl or cyclic N) is 1. The molecule has 1 aromatic heterocycles. The van der Waals surface area contributed by atoms with E-state index in [1.54, 1.807) is 0 Å². The van der Waals surface area contributed by atoms with E-state index in [0.717, 1.165) is 45.1 Å². The van der Waals surface area contributed by atoms with E-state index >= 15 is 0 Å². The molecule has 106 valence electrons. The van der Waals surface area contributed by atoms with E-state index in [9.17, 15) is 5.11 Å². The Balaban J connectivity index is 1.78. The molecule has 1 saturated heterocycles. The third-order valence-electron chi connectivity index (χ3n) is 3.47. The summed E-state index contributed by atoms with van der Waals surface area (Å²) < 4.78 is 0. The number of aromatic nitrogens is 1. The highest BCUT2D eigenvalue weighted by atomic mass is 16.3. The number of anilines is 1. The van der Waals surface area contributed by atoms with Gasteiger partial charge in [0.05, 0.1) is 6.10 Å². The lowest BCUT2D eigenvalue weighted by Gasteiger charge is -2.35. The number of rotatable bonds is 5. The van der Waals surface area contributed by atoms with Gasteiger partial charge in [0.2, 0.25) is 0 Å². The molecule has 0 saturated carbocycles. The summed E-state index contributed by atoms with van der Waals surface area (Å²) >= 11 is 0. The summed E-state index contributed by atoms with van der Waals surface area (Å²) in [5.74, 6) is 0.908. The van der Waals surface area contributed by atoms with Crippen molar-refractivity contribution in [3.05, 3.63) is 23.9 Å². The Kier molecular flexibility index (Phi) is 5.13. The first-order valence-corrected chi connectivity index (χ1v) is 6.93. The zero-order valence-corrected chi connectivity index (χ0v) is 11.8. The Morgan fingerprint density at radius 1 is 1.26 bits per heavy atom. The molecule has 0 radical (unpaired) electrons. The Morgan fingerprint density at radius 3 is 2.47 bits per heavy atom. The van der Waals surface area contributed by atoms with Crippen LogP contribution in [0, 0.1) is 0 Å². The molecule has 2 heterocycles. The Morgan fingerprint density at radius 2 is 1.95 bits per heavy atom. The van der Waals surface area contributed by atoms with Gasteiger partial charge in [0, 0.05) is 52.5 Å². The van der Waals surface area contributed by atoms with Crippen molar-refractivity contribution < 1.29 is 5.11 Å². The van der Waals surface area contributed by atoms with Crippen LogP contribution in [0.3, 0.4) is 0 Å². The molecule has 1 fully saturated rings. The van der Waals surface area contributed by atoms with Crippen LogP contribution in [0.25, 0.3) is 0 Å². The van der Waals surface area contributed by atoms with Crippen LogP contribution in [-0.4, -0.2) is 65.8 Å². The average Bonchev–Trinajstić information content (AvgIpc) is 2.41. The number of nitrogens with zero attached hydrogens (tertiary/aromatic N) is 3. The quantitative estimate of drug-likeness (QED) is 0.816. The maximum Gasteiger partial charge on any atom is 0.125 e. The summed E-state index contributed by atoms with van der Waals surface area (Å²) in [5.41, 5.74) is 1.25. The second-order valence-corrected chi connectivity index (χ2v) is 5.23. The van der Waals surface area contributed by atoms with Crippen molar-refractivity contribution in [1.82, 2.24) is 14.8 Å². The molecule has 2 rings (SSSR count). The lowest BCUT2D eigenvalue weighted by Crippen LogP contribution is -2.47. The van der Waals surface area contributed by atoms with Gasteiger partial charge in [0.1, 0.15) is 5.82 Å². The standard InChI is InChI=1S/C14H24N4O/c1-12(19)10-17-5-7-18(8-6-17)11-13-3-4-14(15-2)16-9-13/h3-4,9,12,19H,5-8,10-11H2,1-2H3,(H,15,16). The van der Waals surface area contributed by atoms with Gasteiger partial charge in [-0.15, -0.1) is 0 Å². The molecule has 0 amide bonds. The molecule has 1 aromatic rings. The van der Waals surface area contributed by atoms with Gasteiger partial charge in [-0.05, 0) is 18.6 Å². The van der Waals surface area contributed by atoms with Crippen molar-refractivity contribution in [2.45, 2.75) is 19.6 Å². The van der Waals surface area contributed by atoms with Crippen LogP contribution in [0.2, 0.25) is 0 Å². The number of pyridine rings is 1. The van der Waals surface area contributed by atoms with E-state index in [1.807, 2.05) is 26.2 Å². The summed E-state index contributed by atoms with van der Waals surface area (Å²) in [6, 6.07) is 4.14. The van der Waals surface area contributed by atoms with Crippen LogP contribution in [-0.2, 0) is 6.54 Å². The highest BCUT2D eigenvalue weighted by Gasteiger charge is 2.17. The number of piperazine rings is 1. The first-order chi connectivity index (χ1) is 9.17. The smallest absolute Gasteiger partial charge is 0.125 e. The minimum atomic E-state index is -0.232. The van der Waals surface area contributed by atoms with Crippen LogP contribution in [0.4, 0.5) is 5.82 Å². The highest BCUT2D eigenvalue weighted by Crippen LogP contribution is 2.10. The molecule has 0 spiro atoms. The number of aliphatic hydroxyl groups excluding tert-OH is 1. The zero-order chi connectivity index (χ0) is 13.7. The summed E-state index contributed by atoms with van der Waals surface area (Å²) in [5, 5.41) is 12.4. The van der Waals surface area contributed by atoms with E-state index in [1.165, 1.54) is 5.56 Å². The van der Waals surface area contributed by atoms with Crippen molar-refractivity contribution >= 4 is 5.82 Å². The second-order valence-electron chi connectivity index (χ2n) is 5.23. The topological polar surface area (TPSA) is 51.6 Å². The van der Waals surface area contributed by atoms with E-state index < -0.39 is 0 Å². The summed E-state index contributed by atoms with van der Waals surface area (Å²) in [6.45, 7) is 7.77. The van der Waals surface area contributed by atoms with Gasteiger partial charge in [-0.25, -0.2) is 4.98 Å². The van der Waals surface area contributed by atoms with Gasteiger partial charge in [-0.3, -0.25) is 9.80 Å². The zero-order valence-electron chi connectivity index (χ0n) is 11.8. The van der Waals surface area contributed by atoms with Crippen molar-refractivity contribution in [3.8, 4) is 0 Å². The predicted octanol–water partition coefficient (Wildman–Crippen LogP) is 0.622. The molecule has 19 heavy (non-hydrogen) atoms. The van der Waals surface area contributed by atoms with Crippen molar-refractivity contribution in [3.63, 3.8) is 0 Å². The summed E-state index contributed by atoms with van der Waals surface area (Å²) in [6.07, 6.45) is 1.71. The highest BCUT2D eigenvalue weighted by molar-refractivity contribution is 5.34. The molecule has 0 aliphatic carbocycles. The molecule has 5 nitrogen and oxygen atoms in total. The van der Waals surface area contributed by atoms with Gasteiger partial charge in [0.15, 0.2) is 0 Å². The number of nitrogens with one attached hydrogen (secondary N) is 1. The third kappa shape index (κ3) is 4.45.